The van der Waals surface area contributed by atoms with Gasteiger partial charge in [-0.3, -0.25) is 14.3 Å². The van der Waals surface area contributed by atoms with Gasteiger partial charge in [0, 0.05) is 33.3 Å². The molecule has 0 fully saturated rings. The van der Waals surface area contributed by atoms with E-state index >= 15 is 0 Å². The summed E-state index contributed by atoms with van der Waals surface area (Å²) in [5.41, 5.74) is 2.80. The molecule has 15 nitrogen and oxygen atoms in total. The molecular weight excluding hydrogens is 816 g/mol. The number of thioether (sulfide) groups is 1. The van der Waals surface area contributed by atoms with Crippen molar-refractivity contribution in [1.82, 2.24) is 29.1 Å². The minimum atomic E-state index is -1.88. The Morgan fingerprint density at radius 2 is 1.52 bits per heavy atom. The lowest BCUT2D eigenvalue weighted by Gasteiger charge is -2.38. The maximum absolute atomic E-state index is 13.4. The highest BCUT2D eigenvalue weighted by Gasteiger charge is 2.40. The Morgan fingerprint density at radius 1 is 0.934 bits per heavy atom. The highest BCUT2D eigenvalue weighted by molar-refractivity contribution is 8.00. The molecule has 1 unspecified atom stereocenters. The molecule has 0 aliphatic carbocycles. The van der Waals surface area contributed by atoms with E-state index in [0.717, 1.165) is 28.2 Å². The Morgan fingerprint density at radius 3 is 2.03 bits per heavy atom. The molecule has 0 aliphatic heterocycles. The normalized spacial score (nSPS) is 13.4. The first kappa shape index (κ1) is 46.6. The fraction of sp³-hybridized carbons (Fsp3) is 0.386. The molecule has 1 N–H and O–H groups in total. The largest absolute Gasteiger partial charge is 0.497 e. The zero-order valence-corrected chi connectivity index (χ0v) is 38.1. The second-order valence-corrected chi connectivity index (χ2v) is 17.0. The number of hydrogen-bond donors (Lipinski definition) is 1. The summed E-state index contributed by atoms with van der Waals surface area (Å²) in [6.07, 6.45) is 2.11. The van der Waals surface area contributed by atoms with Crippen LogP contribution in [0.3, 0.4) is 0 Å². The van der Waals surface area contributed by atoms with Gasteiger partial charge in [-0.05, 0) is 68.7 Å². The summed E-state index contributed by atoms with van der Waals surface area (Å²) in [4.78, 5) is 31.3. The van der Waals surface area contributed by atoms with Crippen LogP contribution in [0.4, 0.5) is 5.95 Å². The Balaban J connectivity index is 1.78. The highest BCUT2D eigenvalue weighted by atomic mass is 32.2. The van der Waals surface area contributed by atoms with Gasteiger partial charge in [0.1, 0.15) is 17.3 Å². The average molecular weight is 871 g/mol. The van der Waals surface area contributed by atoms with Gasteiger partial charge in [-0.15, -0.1) is 11.8 Å². The van der Waals surface area contributed by atoms with Gasteiger partial charge < -0.3 is 32.9 Å². The summed E-state index contributed by atoms with van der Waals surface area (Å²) in [6, 6.07) is 28.5. The molecule has 61 heavy (non-hydrogen) atoms. The van der Waals surface area contributed by atoms with E-state index in [2.05, 4.69) is 89.8 Å². The molecule has 0 bridgehead atoms. The number of methoxy groups -OCH3 is 4. The zero-order valence-electron chi connectivity index (χ0n) is 36.4. The standard InChI is InChI=1S/C44H55N8O7PS/c1-30(2)52(31(3)4)60(58-26-14-25-45)59-39(42(57-10)51-29-46-38-40(51)48-43(49-41(38)53)47-28-50(5)6)37(56-9)27-61-44(32-15-12-11-13-16-32,33-17-21-35(54-7)22-18-33)34-19-23-36(55-8)24-20-34/h11-13,15-24,28-31,42H,14,26-27H2,1-10H3,(H,48,49,53)/b39-37-,47-28?/t42-,60?/m0/s1. The summed E-state index contributed by atoms with van der Waals surface area (Å²) in [5.74, 6) is 2.45. The Kier molecular flexibility index (Phi) is 16.7. The van der Waals surface area contributed by atoms with E-state index in [4.69, 9.17) is 33.0 Å². The molecule has 0 radical (unpaired) electrons. The predicted octanol–water partition coefficient (Wildman–Crippen LogP) is 8.38. The van der Waals surface area contributed by atoms with E-state index in [1.165, 1.54) is 19.8 Å². The van der Waals surface area contributed by atoms with Crippen molar-refractivity contribution in [2.75, 3.05) is 54.9 Å². The van der Waals surface area contributed by atoms with Crippen LogP contribution in [0.15, 0.2) is 106 Å². The van der Waals surface area contributed by atoms with Crippen molar-refractivity contribution in [2.45, 2.75) is 57.2 Å². The fourth-order valence-corrected chi connectivity index (χ4v) is 9.90. The summed E-state index contributed by atoms with van der Waals surface area (Å²) in [6.45, 7) is 8.37. The van der Waals surface area contributed by atoms with Gasteiger partial charge in [0.25, 0.3) is 5.56 Å². The lowest BCUT2D eigenvalue weighted by atomic mass is 9.84. The number of nitrogens with one attached hydrogen (secondary N) is 1. The average Bonchev–Trinajstić information content (AvgIpc) is 3.69. The molecule has 0 saturated carbocycles. The number of fused-ring (bicyclic) bond motifs is 1. The molecule has 17 heteroatoms. The highest BCUT2D eigenvalue weighted by Crippen LogP contribution is 2.53. The van der Waals surface area contributed by atoms with Gasteiger partial charge >= 0.3 is 8.53 Å². The minimum Gasteiger partial charge on any atom is -0.497 e. The third-order valence-corrected chi connectivity index (χ3v) is 13.1. The molecule has 0 spiro atoms. The summed E-state index contributed by atoms with van der Waals surface area (Å²) >= 11 is 1.62. The molecule has 5 aromatic rings. The van der Waals surface area contributed by atoms with Crippen LogP contribution in [0.2, 0.25) is 0 Å². The molecule has 0 amide bonds. The lowest BCUT2D eigenvalue weighted by molar-refractivity contribution is 0.0346. The first-order chi connectivity index (χ1) is 29.4. The third kappa shape index (κ3) is 10.9. The predicted molar refractivity (Wildman–Crippen MR) is 241 cm³/mol. The number of H-pyrrole nitrogens is 1. The molecule has 2 atom stereocenters. The Bertz CT molecular complexity index is 2270. The van der Waals surface area contributed by atoms with Crippen LogP contribution in [-0.2, 0) is 23.3 Å². The Hall–Kier alpha value is -5.43. The maximum atomic E-state index is 13.4. The van der Waals surface area contributed by atoms with Crippen LogP contribution in [0, 0.1) is 11.3 Å². The quantitative estimate of drug-likeness (QED) is 0.0177. The van der Waals surface area contributed by atoms with E-state index in [9.17, 15) is 10.1 Å². The molecule has 2 aromatic heterocycles. The third-order valence-electron chi connectivity index (χ3n) is 9.48. The van der Waals surface area contributed by atoms with Crippen molar-refractivity contribution in [3.63, 3.8) is 0 Å². The van der Waals surface area contributed by atoms with Crippen LogP contribution in [-0.4, -0.2) is 102 Å². The van der Waals surface area contributed by atoms with Crippen molar-refractivity contribution < 1.29 is 28.0 Å². The van der Waals surface area contributed by atoms with Crippen molar-refractivity contribution in [2.24, 2.45) is 4.99 Å². The van der Waals surface area contributed by atoms with Gasteiger partial charge in [-0.2, -0.15) is 10.2 Å². The molecule has 0 aliphatic rings. The van der Waals surface area contributed by atoms with Crippen LogP contribution >= 0.6 is 20.3 Å². The zero-order chi connectivity index (χ0) is 44.1. The molecule has 2 heterocycles. The lowest BCUT2D eigenvalue weighted by Crippen LogP contribution is -2.34. The summed E-state index contributed by atoms with van der Waals surface area (Å²) in [5, 5.41) is 9.50. The number of ether oxygens (including phenoxy) is 4. The van der Waals surface area contributed by atoms with E-state index < -0.39 is 25.1 Å². The van der Waals surface area contributed by atoms with Gasteiger partial charge in [-0.25, -0.2) is 14.6 Å². The van der Waals surface area contributed by atoms with Crippen LogP contribution in [0.1, 0.15) is 57.0 Å². The topological polar surface area (TPSA) is 162 Å². The number of nitriles is 1. The van der Waals surface area contributed by atoms with Gasteiger partial charge in [-0.1, -0.05) is 54.6 Å². The van der Waals surface area contributed by atoms with E-state index in [-0.39, 0.29) is 53.7 Å². The van der Waals surface area contributed by atoms with E-state index in [1.807, 2.05) is 56.6 Å². The maximum Gasteiger partial charge on any atom is 0.321 e. The summed E-state index contributed by atoms with van der Waals surface area (Å²) < 4.78 is 40.3. The number of benzene rings is 3. The van der Waals surface area contributed by atoms with Crippen molar-refractivity contribution in [1.29, 1.82) is 5.26 Å². The second-order valence-electron chi connectivity index (χ2n) is 14.4. The second kappa shape index (κ2) is 21.9. The smallest absolute Gasteiger partial charge is 0.321 e. The minimum absolute atomic E-state index is 0.0156. The number of aromatic nitrogens is 4. The first-order valence-electron chi connectivity index (χ1n) is 19.6. The molecule has 0 saturated heterocycles. The van der Waals surface area contributed by atoms with E-state index in [1.54, 1.807) is 42.6 Å². The van der Waals surface area contributed by atoms with Crippen LogP contribution < -0.4 is 15.0 Å². The van der Waals surface area contributed by atoms with Crippen LogP contribution in [0.5, 0.6) is 11.5 Å². The molecular formula is C44H55N8O7PS. The van der Waals surface area contributed by atoms with Crippen molar-refractivity contribution >= 4 is 43.7 Å². The summed E-state index contributed by atoms with van der Waals surface area (Å²) in [7, 11) is 8.15. The number of hydrogen-bond acceptors (Lipinski definition) is 13. The van der Waals surface area contributed by atoms with E-state index in [0.29, 0.717) is 5.76 Å². The van der Waals surface area contributed by atoms with Gasteiger partial charge in [0.15, 0.2) is 23.2 Å². The molecule has 5 rings (SSSR count). The monoisotopic (exact) mass is 870 g/mol. The fourth-order valence-electron chi connectivity index (χ4n) is 6.74. The van der Waals surface area contributed by atoms with Gasteiger partial charge in [0.05, 0.1) is 63.6 Å². The number of nitrogens with zero attached hydrogens (tertiary/aromatic N) is 7. The van der Waals surface area contributed by atoms with Crippen molar-refractivity contribution in [3.8, 4) is 17.6 Å². The first-order valence-corrected chi connectivity index (χ1v) is 21.8. The number of rotatable bonds is 22. The number of aromatic amines is 1. The number of aliphatic imine (C=N–C) groups is 1. The number of imidazole rings is 1. The SMILES string of the molecule is CO/C(CSC(c1ccccc1)(c1ccc(OC)cc1)c1ccc(OC)cc1)=C(\OP(OCCC#N)N(C(C)C)C(C)C)[C@H](OC)n1cnc2c(=O)[nH]c(N=CN(C)C)nc21. The van der Waals surface area contributed by atoms with Gasteiger partial charge in [0.2, 0.25) is 5.95 Å². The van der Waals surface area contributed by atoms with Crippen molar-refractivity contribution in [3.05, 3.63) is 124 Å². The molecule has 324 valence electrons. The molecule has 3 aromatic carbocycles. The van der Waals surface area contributed by atoms with Crippen LogP contribution in [0.25, 0.3) is 11.2 Å². The Labute approximate surface area is 363 Å².